The smallest absolute Gasteiger partial charge is 0.204 e. The van der Waals surface area contributed by atoms with Crippen LogP contribution >= 0.6 is 0 Å². The molecular weight excluding hydrogens is 86.5 g/mol. The first-order chi connectivity index (χ1) is 3.27. The third-order valence-corrected chi connectivity index (χ3v) is 0.624. The van der Waals surface area contributed by atoms with E-state index in [1.54, 1.807) is 0 Å². The number of hydrogen-bond acceptors (Lipinski definition) is 1. The van der Waals surface area contributed by atoms with Crippen LogP contribution in [0.3, 0.4) is 0 Å². The van der Waals surface area contributed by atoms with E-state index in [1.807, 2.05) is 7.74 Å². The highest BCUT2D eigenvalue weighted by Crippen LogP contribution is 1.51. The quantitative estimate of drug-likeness (QED) is 0.373. The molecule has 0 aliphatic rings. The molecule has 0 bridgehead atoms. The third kappa shape index (κ3) is 5.66. The summed E-state index contributed by atoms with van der Waals surface area (Å²) in [5, 5.41) is 2.66. The zero-order valence-electron chi connectivity index (χ0n) is 4.82. The topological polar surface area (TPSA) is 29.1 Å². The molecule has 2 nitrogen and oxygen atoms in total. The van der Waals surface area contributed by atoms with Crippen LogP contribution in [-0.2, 0) is 4.79 Å². The predicted octanol–water partition coefficient (Wildman–Crippen LogP) is -2.63. The van der Waals surface area contributed by atoms with E-state index in [2.05, 4.69) is 5.23 Å². The van der Waals surface area contributed by atoms with Gasteiger partial charge in [-0.05, 0) is 0 Å². The summed E-state index contributed by atoms with van der Waals surface area (Å²) in [6, 6.07) is 0. The molecular formula is C2H8B3NO. The molecule has 7 heavy (non-hydrogen) atoms. The number of hydrogen-bond donors (Lipinski definition) is 1. The lowest BCUT2D eigenvalue weighted by Crippen LogP contribution is -2.29. The summed E-state index contributed by atoms with van der Waals surface area (Å²) in [4.78, 5) is 10.1. The van der Waals surface area contributed by atoms with Crippen LogP contribution in [0.5, 0.6) is 0 Å². The Morgan fingerprint density at radius 3 is 2.57 bits per heavy atom. The van der Waals surface area contributed by atoms with Crippen LogP contribution < -0.4 is 5.23 Å². The van der Waals surface area contributed by atoms with Crippen molar-refractivity contribution in [1.82, 2.24) is 5.23 Å². The van der Waals surface area contributed by atoms with Crippen LogP contribution in [0.15, 0.2) is 0 Å². The highest BCUT2D eigenvalue weighted by molar-refractivity contribution is 7.23. The molecule has 0 rings (SSSR count). The second kappa shape index (κ2) is 3.84. The molecule has 0 aromatic carbocycles. The molecule has 5 heteroatoms. The third-order valence-electron chi connectivity index (χ3n) is 0.624. The fourth-order valence-corrected chi connectivity index (χ4v) is 0.301. The van der Waals surface area contributed by atoms with E-state index in [0.717, 1.165) is 14.4 Å². The minimum atomic E-state index is 0.0573. The summed E-state index contributed by atoms with van der Waals surface area (Å²) in [5.74, 6) is 0.0573. The summed E-state index contributed by atoms with van der Waals surface area (Å²) < 4.78 is 0. The monoisotopic (exact) mass is 95.1 g/mol. The highest BCUT2D eigenvalue weighted by atomic mass is 16.1. The predicted molar refractivity (Wildman–Crippen MR) is 36.7 cm³/mol. The highest BCUT2D eigenvalue weighted by Gasteiger charge is 1.87. The Bertz CT molecular complexity index is 66.0. The molecule has 0 saturated heterocycles. The maximum atomic E-state index is 10.1. The molecule has 0 spiro atoms. The summed E-state index contributed by atoms with van der Waals surface area (Å²) >= 11 is 0. The van der Waals surface area contributed by atoms with E-state index < -0.39 is 0 Å². The summed E-state index contributed by atoms with van der Waals surface area (Å²) in [5.41, 5.74) is 0. The molecule has 0 radical (unpaired) electrons. The molecule has 0 aromatic heterocycles. The normalized spacial score (nSPS) is 7.00. The van der Waals surface area contributed by atoms with Gasteiger partial charge >= 0.3 is 0 Å². The van der Waals surface area contributed by atoms with Crippen molar-refractivity contribution in [3.8, 4) is 0 Å². The zero-order chi connectivity index (χ0) is 5.70. The van der Waals surface area contributed by atoms with Crippen molar-refractivity contribution in [2.75, 3.05) is 0 Å². The van der Waals surface area contributed by atoms with Gasteiger partial charge in [-0.2, -0.15) is 0 Å². The lowest BCUT2D eigenvalue weighted by atomic mass is 9.33. The molecule has 0 heterocycles. The lowest BCUT2D eigenvalue weighted by Gasteiger charge is -1.90. The zero-order valence-corrected chi connectivity index (χ0v) is 4.82. The molecule has 1 N–H and O–H groups in total. The van der Waals surface area contributed by atoms with Crippen LogP contribution in [0.25, 0.3) is 0 Å². The van der Waals surface area contributed by atoms with Crippen LogP contribution in [-0.4, -0.2) is 28.0 Å². The van der Waals surface area contributed by atoms with E-state index in [4.69, 9.17) is 0 Å². The van der Waals surface area contributed by atoms with Crippen LogP contribution in [0.1, 0.15) is 6.92 Å². The number of carbonyl (C=O) groups is 1. The first-order valence-corrected chi connectivity index (χ1v) is 2.51. The molecule has 1 amide bonds. The van der Waals surface area contributed by atoms with Crippen LogP contribution in [0.4, 0.5) is 0 Å². The van der Waals surface area contributed by atoms with Gasteiger partial charge in [-0.3, -0.25) is 4.79 Å². The number of nitrogens with one attached hydrogen (secondary N) is 1. The van der Waals surface area contributed by atoms with Crippen molar-refractivity contribution in [3.05, 3.63) is 0 Å². The fourth-order valence-electron chi connectivity index (χ4n) is 0.301. The summed E-state index contributed by atoms with van der Waals surface area (Å²) in [6.45, 7) is 1.52. The van der Waals surface area contributed by atoms with Gasteiger partial charge in [-0.15, -0.1) is 0 Å². The number of amides is 1. The average Bonchev–Trinajstić information content (AvgIpc) is 1.61. The van der Waals surface area contributed by atoms with Gasteiger partial charge in [0.15, 0.2) is 7.31 Å². The van der Waals surface area contributed by atoms with Gasteiger partial charge in [0.25, 0.3) is 0 Å². The lowest BCUT2D eigenvalue weighted by molar-refractivity contribution is -0.117. The van der Waals surface area contributed by atoms with E-state index in [-0.39, 0.29) is 5.91 Å². The standard InChI is InChI=1S/C2H8B3NO/c1-2(7)6-5-4-3/h4-5H,3H2,1H3,(H,6,7). The van der Waals surface area contributed by atoms with E-state index in [1.165, 1.54) is 6.92 Å². The Kier molecular flexibility index (Phi) is 3.66. The summed E-state index contributed by atoms with van der Waals surface area (Å²) in [6.07, 6.45) is 0. The molecule has 0 aliphatic carbocycles. The Balaban J connectivity index is 2.82. The Labute approximate surface area is 45.9 Å². The number of carbonyl (C=O) groups excluding carboxylic acids is 1. The van der Waals surface area contributed by atoms with Gasteiger partial charge in [-0.1, -0.05) is 0 Å². The summed E-state index contributed by atoms with van der Waals surface area (Å²) in [7, 11) is 3.84. The molecule has 0 aliphatic heterocycles. The van der Waals surface area contributed by atoms with Crippen LogP contribution in [0, 0.1) is 0 Å². The first kappa shape index (κ1) is 6.66. The van der Waals surface area contributed by atoms with E-state index in [0.29, 0.717) is 0 Å². The van der Waals surface area contributed by atoms with Gasteiger partial charge in [0, 0.05) is 6.92 Å². The van der Waals surface area contributed by atoms with Crippen molar-refractivity contribution >= 4 is 28.0 Å². The molecule has 0 atom stereocenters. The largest absolute Gasteiger partial charge is 0.411 e. The SMILES string of the molecule is BBBNC(C)=O. The van der Waals surface area contributed by atoms with E-state index in [9.17, 15) is 4.79 Å². The molecule has 0 fully saturated rings. The van der Waals surface area contributed by atoms with Gasteiger partial charge < -0.3 is 5.23 Å². The van der Waals surface area contributed by atoms with Gasteiger partial charge in [0.05, 0.1) is 14.8 Å². The van der Waals surface area contributed by atoms with Crippen molar-refractivity contribution in [2.45, 2.75) is 6.92 Å². The Hall–Kier alpha value is -0.335. The maximum absolute atomic E-state index is 10.1. The first-order valence-electron chi connectivity index (χ1n) is 2.51. The molecule has 0 unspecified atom stereocenters. The maximum Gasteiger partial charge on any atom is 0.204 e. The van der Waals surface area contributed by atoms with Gasteiger partial charge in [0.1, 0.15) is 0 Å². The van der Waals surface area contributed by atoms with Crippen molar-refractivity contribution in [3.63, 3.8) is 0 Å². The van der Waals surface area contributed by atoms with Gasteiger partial charge in [-0.25, -0.2) is 0 Å². The second-order valence-corrected chi connectivity index (χ2v) is 1.48. The minimum Gasteiger partial charge on any atom is -0.411 e. The van der Waals surface area contributed by atoms with Gasteiger partial charge in [0.2, 0.25) is 5.91 Å². The molecule has 36 valence electrons. The Morgan fingerprint density at radius 1 is 1.86 bits per heavy atom. The van der Waals surface area contributed by atoms with Crippen LogP contribution in [0.2, 0.25) is 0 Å². The number of rotatable bonds is 2. The molecule has 0 saturated carbocycles. The van der Waals surface area contributed by atoms with E-state index >= 15 is 0 Å². The van der Waals surface area contributed by atoms with Crippen molar-refractivity contribution in [2.24, 2.45) is 0 Å². The average molecular weight is 94.5 g/mol. The van der Waals surface area contributed by atoms with Crippen molar-refractivity contribution in [1.29, 1.82) is 0 Å². The fraction of sp³-hybridized carbons (Fsp3) is 0.500. The Morgan fingerprint density at radius 2 is 2.43 bits per heavy atom. The van der Waals surface area contributed by atoms with Crippen molar-refractivity contribution < 1.29 is 4.79 Å². The molecule has 0 aromatic rings. The minimum absolute atomic E-state index is 0.0573. The second-order valence-electron chi connectivity index (χ2n) is 1.48.